The Kier molecular flexibility index (Phi) is 4.05. The summed E-state index contributed by atoms with van der Waals surface area (Å²) < 4.78 is 12.8. The number of rotatable bonds is 4. The van der Waals surface area contributed by atoms with Crippen LogP contribution in [-0.4, -0.2) is 24.6 Å². The van der Waals surface area contributed by atoms with Gasteiger partial charge < -0.3 is 15.7 Å². The zero-order valence-corrected chi connectivity index (χ0v) is 8.38. The number of hydrogen-bond donors (Lipinski definition) is 3. The van der Waals surface area contributed by atoms with Gasteiger partial charge in [-0.3, -0.25) is 4.79 Å². The molecule has 1 amide bonds. The molecule has 4 nitrogen and oxygen atoms in total. The molecule has 15 heavy (non-hydrogen) atoms. The molecule has 0 radical (unpaired) electrons. The Morgan fingerprint density at radius 3 is 2.80 bits per heavy atom. The molecule has 0 aliphatic rings. The smallest absolute Gasteiger partial charge is 0.233 e. The van der Waals surface area contributed by atoms with Crippen molar-refractivity contribution in [3.63, 3.8) is 0 Å². The van der Waals surface area contributed by atoms with Gasteiger partial charge in [0.1, 0.15) is 11.6 Å². The zero-order chi connectivity index (χ0) is 11.3. The lowest BCUT2D eigenvalue weighted by Crippen LogP contribution is -2.30. The van der Waals surface area contributed by atoms with Crippen molar-refractivity contribution in [2.45, 2.75) is 6.54 Å². The van der Waals surface area contributed by atoms with Crippen molar-refractivity contribution in [3.05, 3.63) is 29.6 Å². The number of aromatic hydroxyl groups is 1. The molecule has 0 spiro atoms. The Hall–Kier alpha value is -1.62. The summed E-state index contributed by atoms with van der Waals surface area (Å²) in [6.07, 6.45) is 0. The second-order valence-corrected chi connectivity index (χ2v) is 3.09. The average molecular weight is 212 g/mol. The molecule has 0 aliphatic heterocycles. The number of carbonyl (C=O) groups is 1. The lowest BCUT2D eigenvalue weighted by atomic mass is 10.2. The third-order valence-electron chi connectivity index (χ3n) is 1.84. The molecule has 0 saturated heterocycles. The second kappa shape index (κ2) is 5.31. The number of likely N-dealkylation sites (N-methyl/N-ethyl adjacent to an activating group) is 1. The Labute approximate surface area is 87.1 Å². The van der Waals surface area contributed by atoms with Crippen LogP contribution in [0.25, 0.3) is 0 Å². The van der Waals surface area contributed by atoms with E-state index in [1.165, 1.54) is 19.2 Å². The van der Waals surface area contributed by atoms with Crippen molar-refractivity contribution in [1.82, 2.24) is 10.6 Å². The normalized spacial score (nSPS) is 10.0. The van der Waals surface area contributed by atoms with Crippen LogP contribution in [0.15, 0.2) is 18.2 Å². The fourth-order valence-electron chi connectivity index (χ4n) is 1.14. The van der Waals surface area contributed by atoms with E-state index in [0.29, 0.717) is 12.1 Å². The number of benzene rings is 1. The maximum absolute atomic E-state index is 12.8. The summed E-state index contributed by atoms with van der Waals surface area (Å²) in [5.41, 5.74) is 0.594. The minimum Gasteiger partial charge on any atom is -0.508 e. The summed E-state index contributed by atoms with van der Waals surface area (Å²) in [7, 11) is 1.54. The topological polar surface area (TPSA) is 61.4 Å². The number of phenolic OH excluding ortho intramolecular Hbond substituents is 1. The highest BCUT2D eigenvalue weighted by atomic mass is 19.1. The van der Waals surface area contributed by atoms with E-state index in [4.69, 9.17) is 5.11 Å². The number of phenols is 1. The van der Waals surface area contributed by atoms with Crippen LogP contribution in [0.4, 0.5) is 4.39 Å². The maximum atomic E-state index is 12.8. The third-order valence-corrected chi connectivity index (χ3v) is 1.84. The molecule has 0 bridgehead atoms. The molecular weight excluding hydrogens is 199 g/mol. The largest absolute Gasteiger partial charge is 0.508 e. The van der Waals surface area contributed by atoms with Gasteiger partial charge in [-0.1, -0.05) is 0 Å². The van der Waals surface area contributed by atoms with Crippen LogP contribution in [0.2, 0.25) is 0 Å². The number of nitrogens with one attached hydrogen (secondary N) is 2. The van der Waals surface area contributed by atoms with Gasteiger partial charge in [0.05, 0.1) is 6.54 Å². The van der Waals surface area contributed by atoms with Crippen LogP contribution in [0.1, 0.15) is 5.56 Å². The molecule has 0 aliphatic carbocycles. The molecule has 1 rings (SSSR count). The first-order valence-electron chi connectivity index (χ1n) is 4.51. The molecular formula is C10H13FN2O2. The Morgan fingerprint density at radius 1 is 1.47 bits per heavy atom. The highest BCUT2D eigenvalue weighted by molar-refractivity contribution is 5.77. The molecule has 0 aromatic heterocycles. The van der Waals surface area contributed by atoms with Gasteiger partial charge >= 0.3 is 0 Å². The molecule has 5 heteroatoms. The van der Waals surface area contributed by atoms with E-state index in [1.807, 2.05) is 0 Å². The van der Waals surface area contributed by atoms with Crippen LogP contribution < -0.4 is 10.6 Å². The number of halogens is 1. The van der Waals surface area contributed by atoms with E-state index in [-0.39, 0.29) is 18.2 Å². The van der Waals surface area contributed by atoms with Crippen LogP contribution in [0, 0.1) is 5.82 Å². The average Bonchev–Trinajstić information content (AvgIpc) is 2.16. The van der Waals surface area contributed by atoms with Gasteiger partial charge in [-0.2, -0.15) is 0 Å². The first kappa shape index (κ1) is 11.5. The highest BCUT2D eigenvalue weighted by Crippen LogP contribution is 2.14. The van der Waals surface area contributed by atoms with Crippen LogP contribution in [-0.2, 0) is 11.3 Å². The summed E-state index contributed by atoms with van der Waals surface area (Å²) in [4.78, 5) is 10.8. The minimum atomic E-state index is -0.494. The first-order chi connectivity index (χ1) is 7.11. The Balaban J connectivity index is 2.47. The molecule has 1 aromatic carbocycles. The van der Waals surface area contributed by atoms with Crippen LogP contribution >= 0.6 is 0 Å². The zero-order valence-electron chi connectivity index (χ0n) is 8.38. The fourth-order valence-corrected chi connectivity index (χ4v) is 1.14. The third kappa shape index (κ3) is 3.95. The van der Waals surface area contributed by atoms with E-state index in [1.54, 1.807) is 0 Å². The van der Waals surface area contributed by atoms with Crippen molar-refractivity contribution in [2.75, 3.05) is 13.6 Å². The van der Waals surface area contributed by atoms with Gasteiger partial charge in [-0.25, -0.2) is 4.39 Å². The quantitative estimate of drug-likeness (QED) is 0.675. The van der Waals surface area contributed by atoms with Crippen molar-refractivity contribution >= 4 is 5.91 Å². The van der Waals surface area contributed by atoms with Gasteiger partial charge in [0.2, 0.25) is 5.91 Å². The molecule has 0 fully saturated rings. The van der Waals surface area contributed by atoms with Crippen molar-refractivity contribution in [3.8, 4) is 5.75 Å². The van der Waals surface area contributed by atoms with Gasteiger partial charge in [0.25, 0.3) is 0 Å². The molecule has 0 saturated carbocycles. The van der Waals surface area contributed by atoms with Crippen LogP contribution in [0.3, 0.4) is 0 Å². The van der Waals surface area contributed by atoms with E-state index in [2.05, 4.69) is 10.6 Å². The molecule has 0 atom stereocenters. The Morgan fingerprint density at radius 2 is 2.20 bits per heavy atom. The van der Waals surface area contributed by atoms with E-state index in [9.17, 15) is 9.18 Å². The second-order valence-electron chi connectivity index (χ2n) is 3.09. The van der Waals surface area contributed by atoms with Gasteiger partial charge in [0, 0.05) is 19.7 Å². The summed E-state index contributed by atoms with van der Waals surface area (Å²) in [5, 5.41) is 14.4. The summed E-state index contributed by atoms with van der Waals surface area (Å²) >= 11 is 0. The molecule has 3 N–H and O–H groups in total. The lowest BCUT2D eigenvalue weighted by Gasteiger charge is -2.04. The van der Waals surface area contributed by atoms with E-state index in [0.717, 1.165) is 6.07 Å². The summed E-state index contributed by atoms with van der Waals surface area (Å²) in [5.74, 6) is -0.755. The van der Waals surface area contributed by atoms with Crippen LogP contribution in [0.5, 0.6) is 5.75 Å². The molecule has 0 heterocycles. The van der Waals surface area contributed by atoms with E-state index >= 15 is 0 Å². The summed E-state index contributed by atoms with van der Waals surface area (Å²) in [6.45, 7) is 0.493. The predicted molar refractivity (Wildman–Crippen MR) is 53.8 cm³/mol. The van der Waals surface area contributed by atoms with Gasteiger partial charge in [-0.05, 0) is 17.7 Å². The van der Waals surface area contributed by atoms with Crippen molar-refractivity contribution < 1.29 is 14.3 Å². The van der Waals surface area contributed by atoms with Gasteiger partial charge in [-0.15, -0.1) is 0 Å². The Bertz CT molecular complexity index is 335. The number of amides is 1. The lowest BCUT2D eigenvalue weighted by molar-refractivity contribution is -0.119. The van der Waals surface area contributed by atoms with Crippen molar-refractivity contribution in [2.24, 2.45) is 0 Å². The summed E-state index contributed by atoms with van der Waals surface area (Å²) in [6, 6.07) is 3.78. The number of carbonyl (C=O) groups excluding carboxylic acids is 1. The molecule has 1 aromatic rings. The highest BCUT2D eigenvalue weighted by Gasteiger charge is 2.01. The number of hydrogen-bond acceptors (Lipinski definition) is 3. The minimum absolute atomic E-state index is 0.119. The first-order valence-corrected chi connectivity index (χ1v) is 4.51. The molecule has 0 unspecified atom stereocenters. The fraction of sp³-hybridized carbons (Fsp3) is 0.300. The van der Waals surface area contributed by atoms with Gasteiger partial charge in [0.15, 0.2) is 0 Å². The van der Waals surface area contributed by atoms with Crippen molar-refractivity contribution in [1.29, 1.82) is 0 Å². The maximum Gasteiger partial charge on any atom is 0.233 e. The predicted octanol–water partition coefficient (Wildman–Crippen LogP) is 0.367. The molecule has 82 valence electrons. The van der Waals surface area contributed by atoms with E-state index < -0.39 is 5.82 Å². The standard InChI is InChI=1S/C10H13FN2O2/c1-12-10(15)6-13-5-7-2-8(11)4-9(14)3-7/h2-4,13-14H,5-6H2,1H3,(H,12,15). The monoisotopic (exact) mass is 212 g/mol. The SMILES string of the molecule is CNC(=O)CNCc1cc(O)cc(F)c1.